The van der Waals surface area contributed by atoms with Crippen LogP contribution in [-0.4, -0.2) is 51.8 Å². The van der Waals surface area contributed by atoms with E-state index in [0.717, 1.165) is 19.4 Å². The molecule has 1 atom stereocenters. The van der Waals surface area contributed by atoms with Crippen LogP contribution < -0.4 is 10.3 Å². The summed E-state index contributed by atoms with van der Waals surface area (Å²) in [6, 6.07) is 2.18. The molecule has 1 aliphatic heterocycles. The fourth-order valence-corrected chi connectivity index (χ4v) is 4.86. The molecule has 1 N–H and O–H groups in total. The van der Waals surface area contributed by atoms with E-state index in [4.69, 9.17) is 0 Å². The Hall–Kier alpha value is -2.41. The maximum Gasteiger partial charge on any atom is 0.341 e. The third-order valence-electron chi connectivity index (χ3n) is 6.48. The van der Waals surface area contributed by atoms with Crippen LogP contribution in [0.3, 0.4) is 0 Å². The number of hydrogen-bond acceptors (Lipinski definition) is 4. The van der Waals surface area contributed by atoms with Gasteiger partial charge in [0.15, 0.2) is 0 Å². The number of anilines is 1. The Morgan fingerprint density at radius 1 is 1.23 bits per heavy atom. The van der Waals surface area contributed by atoms with Crippen molar-refractivity contribution in [3.8, 4) is 0 Å². The molecule has 6 nitrogen and oxygen atoms in total. The summed E-state index contributed by atoms with van der Waals surface area (Å²) in [7, 11) is 0. The molecule has 1 unspecified atom stereocenters. The van der Waals surface area contributed by atoms with Gasteiger partial charge in [0.25, 0.3) is 0 Å². The molecule has 2 fully saturated rings. The van der Waals surface area contributed by atoms with Gasteiger partial charge in [-0.15, -0.1) is 0 Å². The van der Waals surface area contributed by atoms with Crippen molar-refractivity contribution in [3.63, 3.8) is 0 Å². The first kappa shape index (κ1) is 20.8. The number of carbonyl (C=O) groups is 1. The molecule has 1 aliphatic carbocycles. The molecule has 1 aromatic heterocycles. The summed E-state index contributed by atoms with van der Waals surface area (Å²) >= 11 is 0. The van der Waals surface area contributed by atoms with Crippen molar-refractivity contribution in [1.29, 1.82) is 0 Å². The molecule has 7 heteroatoms. The largest absolute Gasteiger partial charge is 0.477 e. The van der Waals surface area contributed by atoms with E-state index in [1.54, 1.807) is 13.0 Å². The van der Waals surface area contributed by atoms with Gasteiger partial charge in [-0.25, -0.2) is 9.18 Å². The number of halogens is 1. The topological polar surface area (TPSA) is 65.8 Å². The van der Waals surface area contributed by atoms with E-state index in [9.17, 15) is 14.7 Å². The second-order valence-electron chi connectivity index (χ2n) is 9.70. The highest BCUT2D eigenvalue weighted by Crippen LogP contribution is 2.39. The molecule has 1 aromatic carbocycles. The number of rotatable bonds is 3. The Morgan fingerprint density at radius 3 is 2.43 bits per heavy atom. The molecule has 0 bridgehead atoms. The summed E-state index contributed by atoms with van der Waals surface area (Å²) in [5.41, 5.74) is 0.504. The SMILES string of the molecule is Cc1c(F)c(N2CCN(C(C)(C)C)C(C)C2)cc2c1c(=O)c(C(=O)O)cn2C1CC1. The number of aromatic nitrogens is 1. The lowest BCUT2D eigenvalue weighted by Crippen LogP contribution is -2.58. The predicted octanol–water partition coefficient (Wildman–Crippen LogP) is 3.79. The molecule has 0 spiro atoms. The van der Waals surface area contributed by atoms with Gasteiger partial charge in [-0.2, -0.15) is 0 Å². The second-order valence-corrected chi connectivity index (χ2v) is 9.70. The van der Waals surface area contributed by atoms with E-state index >= 15 is 4.39 Å². The number of aromatic carboxylic acids is 1. The predicted molar refractivity (Wildman–Crippen MR) is 116 cm³/mol. The van der Waals surface area contributed by atoms with Crippen molar-refractivity contribution in [3.05, 3.63) is 39.4 Å². The zero-order valence-electron chi connectivity index (χ0n) is 18.3. The van der Waals surface area contributed by atoms with Crippen molar-refractivity contribution in [2.45, 2.75) is 65.1 Å². The van der Waals surface area contributed by atoms with Crippen LogP contribution in [0.1, 0.15) is 62.5 Å². The highest BCUT2D eigenvalue weighted by molar-refractivity contribution is 5.95. The van der Waals surface area contributed by atoms with E-state index in [1.165, 1.54) is 6.20 Å². The lowest BCUT2D eigenvalue weighted by atomic mass is 9.99. The molecular weight excluding hydrogens is 385 g/mol. The van der Waals surface area contributed by atoms with Crippen molar-refractivity contribution in [2.24, 2.45) is 0 Å². The van der Waals surface area contributed by atoms with Crippen molar-refractivity contribution < 1.29 is 14.3 Å². The van der Waals surface area contributed by atoms with Gasteiger partial charge in [0, 0.05) is 49.0 Å². The van der Waals surface area contributed by atoms with Gasteiger partial charge in [0.2, 0.25) is 5.43 Å². The monoisotopic (exact) mass is 415 g/mol. The standard InChI is InChI=1S/C23H30FN3O3/c1-13-11-25(8-9-27(13)23(3,4)5)18-10-17-19(14(2)20(18)24)21(28)16(22(29)30)12-26(17)15-6-7-15/h10,12-13,15H,6-9,11H2,1-5H3,(H,29,30). The first-order chi connectivity index (χ1) is 14.0. The first-order valence-corrected chi connectivity index (χ1v) is 10.6. The first-order valence-electron chi connectivity index (χ1n) is 10.6. The molecule has 2 heterocycles. The normalized spacial score (nSPS) is 20.7. The van der Waals surface area contributed by atoms with Crippen molar-refractivity contribution in [1.82, 2.24) is 9.47 Å². The number of aryl methyl sites for hydroxylation is 1. The van der Waals surface area contributed by atoms with E-state index < -0.39 is 17.2 Å². The van der Waals surface area contributed by atoms with Crippen LogP contribution in [0.25, 0.3) is 10.9 Å². The zero-order valence-corrected chi connectivity index (χ0v) is 18.3. The molecule has 0 amide bonds. The third-order valence-corrected chi connectivity index (χ3v) is 6.48. The molecule has 1 saturated carbocycles. The van der Waals surface area contributed by atoms with Gasteiger partial charge in [0.05, 0.1) is 16.6 Å². The average molecular weight is 416 g/mol. The van der Waals surface area contributed by atoms with E-state index in [0.29, 0.717) is 24.3 Å². The second kappa shape index (κ2) is 7.08. The average Bonchev–Trinajstić information content (AvgIpc) is 3.48. The summed E-state index contributed by atoms with van der Waals surface area (Å²) in [4.78, 5) is 28.9. The number of hydrogen-bond donors (Lipinski definition) is 1. The lowest BCUT2D eigenvalue weighted by Gasteiger charge is -2.47. The number of pyridine rings is 1. The Morgan fingerprint density at radius 2 is 1.90 bits per heavy atom. The number of fused-ring (bicyclic) bond motifs is 1. The van der Waals surface area contributed by atoms with Gasteiger partial charge < -0.3 is 14.6 Å². The molecule has 0 radical (unpaired) electrons. The van der Waals surface area contributed by atoms with E-state index in [1.807, 2.05) is 4.57 Å². The number of nitrogens with zero attached hydrogens (tertiary/aromatic N) is 3. The third kappa shape index (κ3) is 3.39. The van der Waals surface area contributed by atoms with Gasteiger partial charge in [0.1, 0.15) is 11.4 Å². The fraction of sp³-hybridized carbons (Fsp3) is 0.565. The summed E-state index contributed by atoms with van der Waals surface area (Å²) in [5.74, 6) is -1.70. The molecule has 1 saturated heterocycles. The Kier molecular flexibility index (Phi) is 4.92. The summed E-state index contributed by atoms with van der Waals surface area (Å²) in [6.45, 7) is 12.5. The number of benzene rings is 1. The number of piperazine rings is 1. The van der Waals surface area contributed by atoms with Gasteiger partial charge >= 0.3 is 5.97 Å². The minimum absolute atomic E-state index is 0.0447. The van der Waals surface area contributed by atoms with Crippen LogP contribution in [0, 0.1) is 12.7 Å². The maximum absolute atomic E-state index is 15.5. The minimum atomic E-state index is -1.27. The Balaban J connectivity index is 1.84. The Bertz CT molecular complexity index is 1080. The fourth-order valence-electron chi connectivity index (χ4n) is 4.86. The van der Waals surface area contributed by atoms with Crippen molar-refractivity contribution in [2.75, 3.05) is 24.5 Å². The molecule has 2 aliphatic rings. The van der Waals surface area contributed by atoms with Crippen molar-refractivity contribution >= 4 is 22.6 Å². The van der Waals surface area contributed by atoms with Gasteiger partial charge in [-0.05, 0) is 53.5 Å². The highest BCUT2D eigenvalue weighted by Gasteiger charge is 2.34. The van der Waals surface area contributed by atoms with Crippen LogP contribution in [0.5, 0.6) is 0 Å². The van der Waals surface area contributed by atoms with Crippen LogP contribution in [-0.2, 0) is 0 Å². The van der Waals surface area contributed by atoms with Crippen LogP contribution in [0.4, 0.5) is 10.1 Å². The Labute approximate surface area is 175 Å². The summed E-state index contributed by atoms with van der Waals surface area (Å²) < 4.78 is 17.4. The molecule has 4 rings (SSSR count). The van der Waals surface area contributed by atoms with E-state index in [2.05, 4.69) is 37.5 Å². The smallest absolute Gasteiger partial charge is 0.341 e. The minimum Gasteiger partial charge on any atom is -0.477 e. The summed E-state index contributed by atoms with van der Waals surface area (Å²) in [6.07, 6.45) is 3.31. The molecular formula is C23H30FN3O3. The number of carboxylic acid groups (broad SMARTS) is 1. The highest BCUT2D eigenvalue weighted by atomic mass is 19.1. The van der Waals surface area contributed by atoms with Gasteiger partial charge in [-0.3, -0.25) is 9.69 Å². The number of carboxylic acids is 1. The van der Waals surface area contributed by atoms with Crippen LogP contribution in [0.15, 0.2) is 17.1 Å². The van der Waals surface area contributed by atoms with Crippen LogP contribution in [0.2, 0.25) is 0 Å². The summed E-state index contributed by atoms with van der Waals surface area (Å²) in [5, 5.41) is 9.65. The van der Waals surface area contributed by atoms with Crippen LogP contribution >= 0.6 is 0 Å². The lowest BCUT2D eigenvalue weighted by molar-refractivity contribution is 0.0694. The zero-order chi connectivity index (χ0) is 22.0. The van der Waals surface area contributed by atoms with Gasteiger partial charge in [-0.1, -0.05) is 0 Å². The molecule has 162 valence electrons. The molecule has 2 aromatic rings. The molecule has 30 heavy (non-hydrogen) atoms. The van der Waals surface area contributed by atoms with E-state index in [-0.39, 0.29) is 34.1 Å². The quantitative estimate of drug-likeness (QED) is 0.826. The maximum atomic E-state index is 15.5.